The van der Waals surface area contributed by atoms with Gasteiger partial charge >= 0.3 is 0 Å². The summed E-state index contributed by atoms with van der Waals surface area (Å²) >= 11 is 1.83. The monoisotopic (exact) mass is 593 g/mol. The number of rotatable bonds is 6. The lowest BCUT2D eigenvalue weighted by molar-refractivity contribution is 1.26. The quantitative estimate of drug-likeness (QED) is 0.170. The summed E-state index contributed by atoms with van der Waals surface area (Å²) in [4.78, 5) is 5.21. The molecule has 0 unspecified atom stereocenters. The van der Waals surface area contributed by atoms with Gasteiger partial charge in [-0.25, -0.2) is 4.99 Å². The van der Waals surface area contributed by atoms with E-state index in [2.05, 4.69) is 147 Å². The van der Waals surface area contributed by atoms with Crippen molar-refractivity contribution in [2.24, 2.45) is 4.99 Å². The highest BCUT2D eigenvalue weighted by atomic mass is 32.1. The number of allylic oxidation sites excluding steroid dienone is 2. The molecule has 45 heavy (non-hydrogen) atoms. The van der Waals surface area contributed by atoms with Crippen LogP contribution in [0.4, 0.5) is 0 Å². The Labute approximate surface area is 268 Å². The summed E-state index contributed by atoms with van der Waals surface area (Å²) in [6.07, 6.45) is 3.18. The van der Waals surface area contributed by atoms with E-state index in [9.17, 15) is 0 Å². The number of aliphatic imine (C=N–C) groups is 1. The highest BCUT2D eigenvalue weighted by molar-refractivity contribution is 7.25. The van der Waals surface area contributed by atoms with Gasteiger partial charge in [-0.1, -0.05) is 122 Å². The van der Waals surface area contributed by atoms with Crippen molar-refractivity contribution in [3.63, 3.8) is 0 Å². The topological polar surface area (TPSA) is 12.4 Å². The van der Waals surface area contributed by atoms with Gasteiger partial charge in [-0.05, 0) is 88.2 Å². The van der Waals surface area contributed by atoms with Crippen LogP contribution in [0.25, 0.3) is 53.7 Å². The molecule has 0 saturated heterocycles. The molecule has 1 nitrogen and oxygen atoms in total. The fourth-order valence-electron chi connectivity index (χ4n) is 6.53. The Hall–Kier alpha value is -5.31. The van der Waals surface area contributed by atoms with Crippen LogP contribution in [0, 0.1) is 0 Å². The average molecular weight is 594 g/mol. The fourth-order valence-corrected chi connectivity index (χ4v) is 7.65. The Bertz CT molecular complexity index is 2300. The molecule has 1 aliphatic carbocycles. The molecule has 0 amide bonds. The molecule has 2 heteroatoms. The first kappa shape index (κ1) is 27.3. The molecule has 0 spiro atoms. The van der Waals surface area contributed by atoms with Crippen LogP contribution in [0.15, 0.2) is 157 Å². The number of nitrogens with zero attached hydrogens (tertiary/aromatic N) is 1. The maximum absolute atomic E-state index is 5.21. The van der Waals surface area contributed by atoms with Crippen LogP contribution in [0.2, 0.25) is 0 Å². The molecule has 7 aromatic rings. The van der Waals surface area contributed by atoms with Crippen LogP contribution in [0.1, 0.15) is 34.7 Å². The number of hydrogen-bond acceptors (Lipinski definition) is 2. The third-order valence-electron chi connectivity index (χ3n) is 8.84. The van der Waals surface area contributed by atoms with Crippen molar-refractivity contribution in [1.82, 2.24) is 0 Å². The third kappa shape index (κ3) is 5.04. The predicted molar refractivity (Wildman–Crippen MR) is 195 cm³/mol. The summed E-state index contributed by atoms with van der Waals surface area (Å²) in [6, 6.07) is 50.0. The minimum atomic E-state index is 0.760. The van der Waals surface area contributed by atoms with Crippen LogP contribution in [0.3, 0.4) is 0 Å². The van der Waals surface area contributed by atoms with Crippen LogP contribution in [-0.2, 0) is 6.42 Å². The van der Waals surface area contributed by atoms with Gasteiger partial charge in [0.15, 0.2) is 0 Å². The smallest absolute Gasteiger partial charge is 0.0712 e. The van der Waals surface area contributed by atoms with Crippen molar-refractivity contribution in [1.29, 1.82) is 0 Å². The van der Waals surface area contributed by atoms with E-state index in [1.54, 1.807) is 0 Å². The van der Waals surface area contributed by atoms with E-state index in [4.69, 9.17) is 4.99 Å². The van der Waals surface area contributed by atoms with Crippen molar-refractivity contribution in [2.75, 3.05) is 0 Å². The second-order valence-corrected chi connectivity index (χ2v) is 12.8. The van der Waals surface area contributed by atoms with E-state index in [0.29, 0.717) is 0 Å². The fraction of sp³-hybridized carbons (Fsp3) is 0.0465. The molecule has 0 aliphatic heterocycles. The maximum atomic E-state index is 5.21. The van der Waals surface area contributed by atoms with E-state index in [-0.39, 0.29) is 0 Å². The standard InChI is InChI=1S/C43H31NS/c1-28(30-12-5-3-6-13-30)24-40(31-14-7-4-8-15-31)44-29(2)36-18-11-19-42-43(36)39-27-33(22-23-41(39)45-42)32-20-21-35-25-34-16-9-10-17-37(34)38(35)26-32/h3-24,26-27H,2,25H2,1H3/b28-24+,44-40?. The van der Waals surface area contributed by atoms with Crippen LogP contribution in [0.5, 0.6) is 0 Å². The normalized spacial score (nSPS) is 12.8. The first-order chi connectivity index (χ1) is 22.1. The molecule has 1 aromatic heterocycles. The Balaban J connectivity index is 1.23. The number of fused-ring (bicyclic) bond motifs is 6. The first-order valence-corrected chi connectivity index (χ1v) is 16.2. The third-order valence-corrected chi connectivity index (χ3v) is 9.98. The molecule has 1 heterocycles. The molecule has 0 bridgehead atoms. The molecular formula is C43H31NS. The van der Waals surface area contributed by atoms with Crippen molar-refractivity contribution in [3.05, 3.63) is 180 Å². The van der Waals surface area contributed by atoms with E-state index in [1.165, 1.54) is 59.1 Å². The zero-order valence-corrected chi connectivity index (χ0v) is 25.9. The molecule has 0 N–H and O–H groups in total. The molecule has 0 fully saturated rings. The molecule has 214 valence electrons. The molecule has 6 aromatic carbocycles. The molecule has 0 radical (unpaired) electrons. The summed E-state index contributed by atoms with van der Waals surface area (Å²) in [6.45, 7) is 6.68. The second kappa shape index (κ2) is 11.3. The minimum Gasteiger partial charge on any atom is -0.248 e. The maximum Gasteiger partial charge on any atom is 0.0712 e. The Morgan fingerprint density at radius 2 is 1.33 bits per heavy atom. The van der Waals surface area contributed by atoms with Gasteiger partial charge in [-0.3, -0.25) is 0 Å². The van der Waals surface area contributed by atoms with Crippen LogP contribution in [-0.4, -0.2) is 5.71 Å². The summed E-state index contributed by atoms with van der Waals surface area (Å²) in [5, 5.41) is 2.47. The lowest BCUT2D eigenvalue weighted by atomic mass is 9.96. The molecule has 0 atom stereocenters. The minimum absolute atomic E-state index is 0.760. The Morgan fingerprint density at radius 1 is 0.644 bits per heavy atom. The Morgan fingerprint density at radius 3 is 2.16 bits per heavy atom. The largest absolute Gasteiger partial charge is 0.248 e. The van der Waals surface area contributed by atoms with E-state index in [0.717, 1.165) is 34.5 Å². The first-order valence-electron chi connectivity index (χ1n) is 15.4. The van der Waals surface area contributed by atoms with Crippen molar-refractivity contribution < 1.29 is 0 Å². The summed E-state index contributed by atoms with van der Waals surface area (Å²) < 4.78 is 2.52. The molecular weight excluding hydrogens is 563 g/mol. The van der Waals surface area contributed by atoms with Crippen molar-refractivity contribution in [2.45, 2.75) is 13.3 Å². The van der Waals surface area contributed by atoms with Crippen molar-refractivity contribution in [3.8, 4) is 22.3 Å². The lowest BCUT2D eigenvalue weighted by Gasteiger charge is -2.10. The molecule has 0 saturated carbocycles. The van der Waals surface area contributed by atoms with Gasteiger partial charge < -0.3 is 0 Å². The van der Waals surface area contributed by atoms with E-state index in [1.807, 2.05) is 23.5 Å². The van der Waals surface area contributed by atoms with Gasteiger partial charge in [0.05, 0.1) is 11.4 Å². The van der Waals surface area contributed by atoms with Gasteiger partial charge in [0.25, 0.3) is 0 Å². The van der Waals surface area contributed by atoms with Gasteiger partial charge in [0.1, 0.15) is 0 Å². The van der Waals surface area contributed by atoms with Gasteiger partial charge in [-0.2, -0.15) is 0 Å². The Kier molecular flexibility index (Phi) is 6.85. The number of benzene rings is 6. The lowest BCUT2D eigenvalue weighted by Crippen LogP contribution is -1.99. The van der Waals surface area contributed by atoms with Crippen molar-refractivity contribution >= 4 is 48.5 Å². The highest BCUT2D eigenvalue weighted by Crippen LogP contribution is 2.42. The zero-order valence-electron chi connectivity index (χ0n) is 25.1. The average Bonchev–Trinajstić information content (AvgIpc) is 3.66. The second-order valence-electron chi connectivity index (χ2n) is 11.7. The van der Waals surface area contributed by atoms with E-state index < -0.39 is 0 Å². The molecule has 8 rings (SSSR count). The van der Waals surface area contributed by atoms with Gasteiger partial charge in [-0.15, -0.1) is 11.3 Å². The van der Waals surface area contributed by atoms with Crippen LogP contribution < -0.4 is 0 Å². The number of thiophene rings is 1. The zero-order chi connectivity index (χ0) is 30.3. The summed E-state index contributed by atoms with van der Waals surface area (Å²) in [7, 11) is 0. The predicted octanol–water partition coefficient (Wildman–Crippen LogP) is 11.9. The van der Waals surface area contributed by atoms with Gasteiger partial charge in [0, 0.05) is 31.3 Å². The van der Waals surface area contributed by atoms with Gasteiger partial charge in [0.2, 0.25) is 0 Å². The highest BCUT2D eigenvalue weighted by Gasteiger charge is 2.19. The molecule has 1 aliphatic rings. The summed E-state index contributed by atoms with van der Waals surface area (Å²) in [5.74, 6) is 0. The SMILES string of the molecule is C=C(N=C(/C=C(\C)c1ccccc1)c1ccccc1)c1cccc2sc3ccc(-c4ccc5c(c4)-c4ccccc4C5)cc3c12. The number of hydrogen-bond donors (Lipinski definition) is 0. The van der Waals surface area contributed by atoms with Crippen LogP contribution >= 0.6 is 11.3 Å². The summed E-state index contributed by atoms with van der Waals surface area (Å²) in [5.41, 5.74) is 14.1. The van der Waals surface area contributed by atoms with E-state index >= 15 is 0 Å².